The summed E-state index contributed by atoms with van der Waals surface area (Å²) in [5, 5.41) is 9.33. The lowest BCUT2D eigenvalue weighted by Crippen LogP contribution is -2.38. The van der Waals surface area contributed by atoms with Gasteiger partial charge in [-0.15, -0.1) is 24.0 Å². The molecule has 1 saturated heterocycles. The lowest BCUT2D eigenvalue weighted by molar-refractivity contribution is 0.0893. The molecule has 1 heterocycles. The van der Waals surface area contributed by atoms with Crippen LogP contribution in [0.25, 0.3) is 10.8 Å². The Bertz CT molecular complexity index is 748. The van der Waals surface area contributed by atoms with Crippen molar-refractivity contribution < 1.29 is 9.47 Å². The minimum Gasteiger partial charge on any atom is -0.381 e. The van der Waals surface area contributed by atoms with Crippen LogP contribution in [-0.4, -0.2) is 52.0 Å². The van der Waals surface area contributed by atoms with Crippen molar-refractivity contribution in [3.8, 4) is 0 Å². The van der Waals surface area contributed by atoms with Gasteiger partial charge in [0.2, 0.25) is 0 Å². The second-order valence-electron chi connectivity index (χ2n) is 7.28. The molecule has 0 bridgehead atoms. The Kier molecular flexibility index (Phi) is 11.3. The van der Waals surface area contributed by atoms with E-state index in [2.05, 4.69) is 65.0 Å². The second-order valence-corrected chi connectivity index (χ2v) is 7.28. The molecule has 2 N–H and O–H groups in total. The van der Waals surface area contributed by atoms with E-state index >= 15 is 0 Å². The molecule has 2 aromatic rings. The molecule has 1 aliphatic heterocycles. The first-order valence-corrected chi connectivity index (χ1v) is 10.5. The number of benzene rings is 2. The molecule has 0 aliphatic carbocycles. The molecule has 3 rings (SSSR count). The number of halogens is 1. The molecular formula is C23H34IN3O2. The van der Waals surface area contributed by atoms with Gasteiger partial charge in [-0.1, -0.05) is 42.5 Å². The first-order valence-electron chi connectivity index (χ1n) is 10.5. The normalized spacial score (nSPS) is 16.6. The van der Waals surface area contributed by atoms with Gasteiger partial charge in [-0.2, -0.15) is 0 Å². The summed E-state index contributed by atoms with van der Waals surface area (Å²) in [6, 6.07) is 15.2. The van der Waals surface area contributed by atoms with E-state index < -0.39 is 0 Å². The van der Waals surface area contributed by atoms with E-state index in [0.29, 0.717) is 5.92 Å². The number of nitrogens with one attached hydrogen (secondary N) is 2. The van der Waals surface area contributed by atoms with Gasteiger partial charge >= 0.3 is 0 Å². The Morgan fingerprint density at radius 3 is 2.83 bits per heavy atom. The summed E-state index contributed by atoms with van der Waals surface area (Å²) in [7, 11) is 0. The maximum Gasteiger partial charge on any atom is 0.191 e. The number of fused-ring (bicyclic) bond motifs is 1. The highest BCUT2D eigenvalue weighted by atomic mass is 127. The zero-order valence-corrected chi connectivity index (χ0v) is 19.7. The van der Waals surface area contributed by atoms with Gasteiger partial charge in [-0.25, -0.2) is 0 Å². The SMILES string of the molecule is CCNC(=NCCCOCC1CCOC1)NCCc1ccc2ccccc2c1.I. The van der Waals surface area contributed by atoms with Crippen molar-refractivity contribution in [1.29, 1.82) is 0 Å². The molecule has 160 valence electrons. The van der Waals surface area contributed by atoms with Crippen molar-refractivity contribution in [2.75, 3.05) is 46.1 Å². The van der Waals surface area contributed by atoms with Crippen LogP contribution < -0.4 is 10.6 Å². The second kappa shape index (κ2) is 13.8. The molecule has 29 heavy (non-hydrogen) atoms. The van der Waals surface area contributed by atoms with Gasteiger partial charge in [0, 0.05) is 38.8 Å². The molecule has 1 fully saturated rings. The average molecular weight is 511 g/mol. The fourth-order valence-electron chi connectivity index (χ4n) is 3.38. The lowest BCUT2D eigenvalue weighted by Gasteiger charge is -2.12. The Labute approximate surface area is 191 Å². The monoisotopic (exact) mass is 511 g/mol. The van der Waals surface area contributed by atoms with Crippen LogP contribution in [0.5, 0.6) is 0 Å². The van der Waals surface area contributed by atoms with Crippen LogP contribution in [-0.2, 0) is 15.9 Å². The number of aliphatic imine (C=N–C) groups is 1. The predicted molar refractivity (Wildman–Crippen MR) is 131 cm³/mol. The molecule has 0 saturated carbocycles. The highest BCUT2D eigenvalue weighted by molar-refractivity contribution is 14.0. The summed E-state index contributed by atoms with van der Waals surface area (Å²) in [5.74, 6) is 1.46. The molecule has 0 radical (unpaired) electrons. The molecule has 1 unspecified atom stereocenters. The van der Waals surface area contributed by atoms with E-state index in [1.54, 1.807) is 0 Å². The van der Waals surface area contributed by atoms with E-state index in [1.807, 2.05) is 0 Å². The highest BCUT2D eigenvalue weighted by Gasteiger charge is 2.15. The molecule has 0 aromatic heterocycles. The molecular weight excluding hydrogens is 477 g/mol. The van der Waals surface area contributed by atoms with Crippen LogP contribution in [0.3, 0.4) is 0 Å². The van der Waals surface area contributed by atoms with E-state index in [9.17, 15) is 0 Å². The lowest BCUT2D eigenvalue weighted by atomic mass is 10.1. The number of hydrogen-bond acceptors (Lipinski definition) is 3. The van der Waals surface area contributed by atoms with Crippen molar-refractivity contribution in [3.63, 3.8) is 0 Å². The third-order valence-corrected chi connectivity index (χ3v) is 4.96. The smallest absolute Gasteiger partial charge is 0.191 e. The summed E-state index contributed by atoms with van der Waals surface area (Å²) in [6.07, 6.45) is 3.04. The number of ether oxygens (including phenoxy) is 2. The van der Waals surface area contributed by atoms with Gasteiger partial charge in [0.15, 0.2) is 5.96 Å². The molecule has 0 spiro atoms. The Balaban J connectivity index is 0.00000300. The molecule has 1 atom stereocenters. The first kappa shape index (κ1) is 23.9. The summed E-state index contributed by atoms with van der Waals surface area (Å²) >= 11 is 0. The molecule has 0 amide bonds. The van der Waals surface area contributed by atoms with Gasteiger partial charge in [0.05, 0.1) is 13.2 Å². The zero-order chi connectivity index (χ0) is 19.4. The van der Waals surface area contributed by atoms with Crippen LogP contribution in [0.2, 0.25) is 0 Å². The van der Waals surface area contributed by atoms with Gasteiger partial charge in [0.25, 0.3) is 0 Å². The quantitative estimate of drug-likeness (QED) is 0.219. The fraction of sp³-hybridized carbons (Fsp3) is 0.522. The van der Waals surface area contributed by atoms with Gasteiger partial charge < -0.3 is 20.1 Å². The fourth-order valence-corrected chi connectivity index (χ4v) is 3.38. The third-order valence-electron chi connectivity index (χ3n) is 4.96. The van der Waals surface area contributed by atoms with E-state index in [0.717, 1.165) is 71.3 Å². The topological polar surface area (TPSA) is 54.9 Å². The first-order chi connectivity index (χ1) is 13.8. The van der Waals surface area contributed by atoms with Crippen molar-refractivity contribution in [3.05, 3.63) is 48.0 Å². The number of nitrogens with zero attached hydrogens (tertiary/aromatic N) is 1. The highest BCUT2D eigenvalue weighted by Crippen LogP contribution is 2.15. The van der Waals surface area contributed by atoms with Crippen molar-refractivity contribution >= 4 is 40.7 Å². The van der Waals surface area contributed by atoms with Crippen LogP contribution in [0.1, 0.15) is 25.3 Å². The molecule has 2 aromatic carbocycles. The minimum absolute atomic E-state index is 0. The predicted octanol–water partition coefficient (Wildman–Crippen LogP) is 4.00. The molecule has 6 heteroatoms. The molecule has 5 nitrogen and oxygen atoms in total. The number of guanidine groups is 1. The van der Waals surface area contributed by atoms with Crippen molar-refractivity contribution in [2.45, 2.75) is 26.2 Å². The maximum absolute atomic E-state index is 5.74. The number of rotatable bonds is 10. The van der Waals surface area contributed by atoms with Crippen LogP contribution in [0, 0.1) is 5.92 Å². The van der Waals surface area contributed by atoms with E-state index in [4.69, 9.17) is 9.47 Å². The maximum atomic E-state index is 5.74. The van der Waals surface area contributed by atoms with Gasteiger partial charge in [-0.05, 0) is 42.5 Å². The Morgan fingerprint density at radius 1 is 1.17 bits per heavy atom. The van der Waals surface area contributed by atoms with E-state index in [1.165, 1.54) is 16.3 Å². The Morgan fingerprint density at radius 2 is 2.03 bits per heavy atom. The zero-order valence-electron chi connectivity index (χ0n) is 17.4. The summed E-state index contributed by atoms with van der Waals surface area (Å²) < 4.78 is 11.1. The summed E-state index contributed by atoms with van der Waals surface area (Å²) in [6.45, 7) is 7.89. The Hall–Kier alpha value is -1.38. The van der Waals surface area contributed by atoms with Gasteiger partial charge in [0.1, 0.15) is 0 Å². The van der Waals surface area contributed by atoms with Gasteiger partial charge in [-0.3, -0.25) is 4.99 Å². The standard InChI is InChI=1S/C23H33N3O2.HI/c1-2-24-23(25-12-5-14-27-17-20-11-15-28-18-20)26-13-10-19-8-9-21-6-3-4-7-22(21)16-19;/h3-4,6-9,16,20H,2,5,10-15,17-18H2,1H3,(H2,24,25,26);1H. The summed E-state index contributed by atoms with van der Waals surface area (Å²) in [4.78, 5) is 4.65. The largest absolute Gasteiger partial charge is 0.381 e. The van der Waals surface area contributed by atoms with Crippen LogP contribution in [0.4, 0.5) is 0 Å². The average Bonchev–Trinajstić information content (AvgIpc) is 3.24. The minimum atomic E-state index is 0. The third kappa shape index (κ3) is 8.48. The number of hydrogen-bond donors (Lipinski definition) is 2. The van der Waals surface area contributed by atoms with Crippen LogP contribution >= 0.6 is 24.0 Å². The van der Waals surface area contributed by atoms with E-state index in [-0.39, 0.29) is 24.0 Å². The van der Waals surface area contributed by atoms with Crippen LogP contribution in [0.15, 0.2) is 47.5 Å². The molecule has 1 aliphatic rings. The van der Waals surface area contributed by atoms with Crippen molar-refractivity contribution in [2.24, 2.45) is 10.9 Å². The van der Waals surface area contributed by atoms with Crippen molar-refractivity contribution in [1.82, 2.24) is 10.6 Å². The summed E-state index contributed by atoms with van der Waals surface area (Å²) in [5.41, 5.74) is 1.34.